The van der Waals surface area contributed by atoms with E-state index in [1.54, 1.807) is 6.92 Å². The fraction of sp³-hybridized carbons (Fsp3) is 0.571. The highest BCUT2D eigenvalue weighted by Gasteiger charge is 2.25. The van der Waals surface area contributed by atoms with Gasteiger partial charge in [-0.05, 0) is 20.8 Å². The van der Waals surface area contributed by atoms with Gasteiger partial charge in [0.05, 0.1) is 5.76 Å². The van der Waals surface area contributed by atoms with E-state index in [0.29, 0.717) is 0 Å². The highest BCUT2D eigenvalue weighted by atomic mass is 16.6. The number of carbonyl (C=O) groups is 1. The van der Waals surface area contributed by atoms with E-state index in [9.17, 15) is 4.79 Å². The predicted molar refractivity (Wildman–Crippen MR) is 37.2 cm³/mol. The van der Waals surface area contributed by atoms with Crippen molar-refractivity contribution in [1.29, 1.82) is 0 Å². The zero-order valence-electron chi connectivity index (χ0n) is 6.47. The molecule has 10 heavy (non-hydrogen) atoms. The smallest absolute Gasteiger partial charge is 0.342 e. The van der Waals surface area contributed by atoms with Gasteiger partial charge in [-0.25, -0.2) is 4.79 Å². The number of allylic oxidation sites excluding steroid dienone is 1. The van der Waals surface area contributed by atoms with E-state index in [4.69, 9.17) is 5.11 Å². The van der Waals surface area contributed by atoms with E-state index in [1.807, 2.05) is 0 Å². The van der Waals surface area contributed by atoms with Gasteiger partial charge in [-0.15, -0.1) is 0 Å². The van der Waals surface area contributed by atoms with Crippen molar-refractivity contribution in [1.82, 2.24) is 0 Å². The molecule has 0 rings (SSSR count). The van der Waals surface area contributed by atoms with Crippen molar-refractivity contribution >= 4 is 5.97 Å². The molecule has 0 heterocycles. The second-order valence-corrected chi connectivity index (χ2v) is 2.65. The van der Waals surface area contributed by atoms with Gasteiger partial charge in [0.15, 0.2) is 5.60 Å². The Morgan fingerprint density at radius 1 is 1.60 bits per heavy atom. The van der Waals surface area contributed by atoms with Crippen molar-refractivity contribution in [3.63, 3.8) is 0 Å². The van der Waals surface area contributed by atoms with Gasteiger partial charge < -0.3 is 9.84 Å². The monoisotopic (exact) mass is 144 g/mol. The summed E-state index contributed by atoms with van der Waals surface area (Å²) in [5.41, 5.74) is -1.43. The van der Waals surface area contributed by atoms with Gasteiger partial charge >= 0.3 is 5.97 Å². The first kappa shape index (κ1) is 9.17. The number of hydrogen-bond donors (Lipinski definition) is 1. The van der Waals surface area contributed by atoms with Crippen LogP contribution in [0, 0.1) is 0 Å². The molecule has 0 fully saturated rings. The molecular formula is C7H12O3. The molecule has 0 aromatic heterocycles. The van der Waals surface area contributed by atoms with Crippen LogP contribution in [0.1, 0.15) is 20.8 Å². The second-order valence-electron chi connectivity index (χ2n) is 2.65. The van der Waals surface area contributed by atoms with Crippen molar-refractivity contribution in [3.05, 3.63) is 12.3 Å². The van der Waals surface area contributed by atoms with E-state index >= 15 is 0 Å². The molecule has 58 valence electrons. The zero-order chi connectivity index (χ0) is 8.36. The number of carbonyl (C=O) groups excluding carboxylic acids is 1. The molecule has 0 amide bonds. The maximum atomic E-state index is 10.7. The summed E-state index contributed by atoms with van der Waals surface area (Å²) in [6.07, 6.45) is 0. The fourth-order valence-corrected chi connectivity index (χ4v) is 0.283. The van der Waals surface area contributed by atoms with E-state index in [1.165, 1.54) is 13.8 Å². The van der Waals surface area contributed by atoms with E-state index in [-0.39, 0.29) is 5.76 Å². The van der Waals surface area contributed by atoms with Crippen LogP contribution in [0.3, 0.4) is 0 Å². The molecule has 0 aliphatic rings. The van der Waals surface area contributed by atoms with Crippen LogP contribution >= 0.6 is 0 Å². The van der Waals surface area contributed by atoms with Gasteiger partial charge in [-0.2, -0.15) is 0 Å². The minimum Gasteiger partial charge on any atom is -0.430 e. The van der Waals surface area contributed by atoms with Gasteiger partial charge in [0.25, 0.3) is 0 Å². The van der Waals surface area contributed by atoms with Crippen LogP contribution in [-0.2, 0) is 9.53 Å². The lowest BCUT2D eigenvalue weighted by atomic mass is 10.1. The molecule has 0 aromatic carbocycles. The molecule has 0 saturated heterocycles. The number of aliphatic hydroxyl groups is 1. The van der Waals surface area contributed by atoms with Gasteiger partial charge in [-0.1, -0.05) is 6.58 Å². The Balaban J connectivity index is 3.99. The normalized spacial score (nSPS) is 10.8. The summed E-state index contributed by atoms with van der Waals surface area (Å²) in [5.74, 6) is -0.396. The zero-order valence-corrected chi connectivity index (χ0v) is 6.47. The molecule has 0 unspecified atom stereocenters. The Morgan fingerprint density at radius 2 is 2.00 bits per heavy atom. The summed E-state index contributed by atoms with van der Waals surface area (Å²) in [4.78, 5) is 10.7. The molecule has 0 radical (unpaired) electrons. The summed E-state index contributed by atoms with van der Waals surface area (Å²) in [5, 5.41) is 9.02. The van der Waals surface area contributed by atoms with Crippen molar-refractivity contribution in [2.45, 2.75) is 26.4 Å². The molecule has 0 atom stereocenters. The molecule has 0 bridgehead atoms. The van der Waals surface area contributed by atoms with Crippen molar-refractivity contribution < 1.29 is 14.6 Å². The highest BCUT2D eigenvalue weighted by molar-refractivity contribution is 5.78. The number of hydrogen-bond acceptors (Lipinski definition) is 3. The molecule has 0 aliphatic heterocycles. The summed E-state index contributed by atoms with van der Waals surface area (Å²) in [6, 6.07) is 0. The average Bonchev–Trinajstić information content (AvgIpc) is 1.60. The molecular weight excluding hydrogens is 132 g/mol. The summed E-state index contributed by atoms with van der Waals surface area (Å²) in [7, 11) is 0. The van der Waals surface area contributed by atoms with Gasteiger partial charge in [0.2, 0.25) is 0 Å². The number of esters is 1. The van der Waals surface area contributed by atoms with Crippen LogP contribution in [-0.4, -0.2) is 16.7 Å². The largest absolute Gasteiger partial charge is 0.430 e. The van der Waals surface area contributed by atoms with E-state index < -0.39 is 11.6 Å². The Labute approximate surface area is 60.3 Å². The summed E-state index contributed by atoms with van der Waals surface area (Å²) < 4.78 is 4.53. The third kappa shape index (κ3) is 3.25. The lowest BCUT2D eigenvalue weighted by Gasteiger charge is -2.14. The Kier molecular flexibility index (Phi) is 2.60. The second kappa shape index (κ2) is 2.84. The van der Waals surface area contributed by atoms with Crippen LogP contribution in [0.5, 0.6) is 0 Å². The Morgan fingerprint density at radius 3 is 2.10 bits per heavy atom. The lowest BCUT2D eigenvalue weighted by Crippen LogP contribution is -2.32. The van der Waals surface area contributed by atoms with Crippen LogP contribution in [0.25, 0.3) is 0 Å². The molecule has 0 aliphatic carbocycles. The number of rotatable bonds is 2. The van der Waals surface area contributed by atoms with Gasteiger partial charge in [-0.3, -0.25) is 0 Å². The first-order chi connectivity index (χ1) is 4.34. The quantitative estimate of drug-likeness (QED) is 0.461. The van der Waals surface area contributed by atoms with Crippen LogP contribution < -0.4 is 0 Å². The van der Waals surface area contributed by atoms with Crippen LogP contribution in [0.2, 0.25) is 0 Å². The lowest BCUT2D eigenvalue weighted by molar-refractivity contribution is -0.157. The standard InChI is InChI=1S/C7H12O3/c1-5(2)10-6(8)7(3,4)9/h9H,1H2,2-4H3. The van der Waals surface area contributed by atoms with Crippen LogP contribution in [0.15, 0.2) is 12.3 Å². The summed E-state index contributed by atoms with van der Waals surface area (Å²) in [6.45, 7) is 7.62. The first-order valence-corrected chi connectivity index (χ1v) is 2.94. The third-order valence-electron chi connectivity index (χ3n) is 0.766. The van der Waals surface area contributed by atoms with Gasteiger partial charge in [0, 0.05) is 0 Å². The van der Waals surface area contributed by atoms with Crippen molar-refractivity contribution in [2.24, 2.45) is 0 Å². The van der Waals surface area contributed by atoms with Crippen molar-refractivity contribution in [3.8, 4) is 0 Å². The first-order valence-electron chi connectivity index (χ1n) is 2.94. The maximum absolute atomic E-state index is 10.7. The Bertz CT molecular complexity index is 153. The minimum absolute atomic E-state index is 0.284. The highest BCUT2D eigenvalue weighted by Crippen LogP contribution is 2.06. The molecule has 1 N–H and O–H groups in total. The topological polar surface area (TPSA) is 46.5 Å². The predicted octanol–water partition coefficient (Wildman–Crippen LogP) is 0.834. The molecule has 0 saturated carbocycles. The number of ether oxygens (including phenoxy) is 1. The average molecular weight is 144 g/mol. The van der Waals surface area contributed by atoms with Crippen LogP contribution in [0.4, 0.5) is 0 Å². The SMILES string of the molecule is C=C(C)OC(=O)C(C)(C)O. The van der Waals surface area contributed by atoms with Gasteiger partial charge in [0.1, 0.15) is 0 Å². The summed E-state index contributed by atoms with van der Waals surface area (Å²) >= 11 is 0. The van der Waals surface area contributed by atoms with E-state index in [0.717, 1.165) is 0 Å². The molecule has 0 aromatic rings. The van der Waals surface area contributed by atoms with E-state index in [2.05, 4.69) is 11.3 Å². The molecule has 3 heteroatoms. The minimum atomic E-state index is -1.43. The van der Waals surface area contributed by atoms with Crippen molar-refractivity contribution in [2.75, 3.05) is 0 Å². The Hall–Kier alpha value is -0.830. The molecule has 0 spiro atoms. The fourth-order valence-electron chi connectivity index (χ4n) is 0.283. The molecule has 3 nitrogen and oxygen atoms in total. The third-order valence-corrected chi connectivity index (χ3v) is 0.766. The maximum Gasteiger partial charge on any atom is 0.342 e.